The fourth-order valence-electron chi connectivity index (χ4n) is 3.84. The summed E-state index contributed by atoms with van der Waals surface area (Å²) in [4.78, 5) is 4.96. The van der Waals surface area contributed by atoms with E-state index in [1.165, 1.54) is 45.3 Å². The molecule has 1 aliphatic heterocycles. The number of nitrogens with two attached hydrogens (primary N) is 1. The Morgan fingerprint density at radius 1 is 1.11 bits per heavy atom. The summed E-state index contributed by atoms with van der Waals surface area (Å²) in [5.41, 5.74) is 6.55. The molecular formula is C16H33N3. The lowest BCUT2D eigenvalue weighted by Crippen LogP contribution is -2.52. The van der Waals surface area contributed by atoms with Crippen molar-refractivity contribution in [2.45, 2.75) is 51.6 Å². The average molecular weight is 267 g/mol. The minimum atomic E-state index is 0.397. The third-order valence-electron chi connectivity index (χ3n) is 5.77. The molecule has 2 rings (SSSR count). The van der Waals surface area contributed by atoms with Crippen LogP contribution in [-0.4, -0.2) is 55.6 Å². The molecule has 0 spiro atoms. The van der Waals surface area contributed by atoms with Gasteiger partial charge in [-0.25, -0.2) is 0 Å². The Hall–Kier alpha value is -0.120. The summed E-state index contributed by atoms with van der Waals surface area (Å²) in [7, 11) is 4.49. The zero-order chi connectivity index (χ0) is 14.0. The molecule has 0 bridgehead atoms. The van der Waals surface area contributed by atoms with Crippen LogP contribution in [0.2, 0.25) is 0 Å². The van der Waals surface area contributed by atoms with Crippen LogP contribution >= 0.6 is 0 Å². The summed E-state index contributed by atoms with van der Waals surface area (Å²) in [6.45, 7) is 8.37. The molecule has 3 nitrogen and oxygen atoms in total. The molecule has 0 aromatic heterocycles. The van der Waals surface area contributed by atoms with Crippen molar-refractivity contribution in [2.24, 2.45) is 23.5 Å². The minimum Gasteiger partial charge on any atom is -0.327 e. The van der Waals surface area contributed by atoms with Crippen molar-refractivity contribution >= 4 is 0 Å². The molecule has 3 heteroatoms. The molecule has 2 aliphatic rings. The highest BCUT2D eigenvalue weighted by molar-refractivity contribution is 4.87. The molecule has 0 aromatic carbocycles. The van der Waals surface area contributed by atoms with Gasteiger partial charge in [-0.05, 0) is 51.1 Å². The first kappa shape index (κ1) is 15.3. The van der Waals surface area contributed by atoms with Crippen LogP contribution in [0.3, 0.4) is 0 Å². The average Bonchev–Trinajstić information content (AvgIpc) is 2.37. The van der Waals surface area contributed by atoms with Gasteiger partial charge in [0.05, 0.1) is 0 Å². The van der Waals surface area contributed by atoms with Gasteiger partial charge in [0.25, 0.3) is 0 Å². The first-order valence-electron chi connectivity index (χ1n) is 8.11. The van der Waals surface area contributed by atoms with Crippen LogP contribution < -0.4 is 5.73 Å². The standard InChI is InChI=1S/C16H33N3/c1-12-5-6-14(9-13(12)2)16(17)10-15-11-18(3)7-8-19(15)4/h12-16H,5-11,17H2,1-4H3. The van der Waals surface area contributed by atoms with Crippen molar-refractivity contribution in [3.8, 4) is 0 Å². The molecule has 1 aliphatic carbocycles. The lowest BCUT2D eigenvalue weighted by Gasteiger charge is -2.41. The van der Waals surface area contributed by atoms with E-state index < -0.39 is 0 Å². The maximum atomic E-state index is 6.55. The Bertz CT molecular complexity index is 281. The predicted molar refractivity (Wildman–Crippen MR) is 82.2 cm³/mol. The van der Waals surface area contributed by atoms with Gasteiger partial charge in [-0.1, -0.05) is 20.3 Å². The molecule has 2 fully saturated rings. The van der Waals surface area contributed by atoms with Gasteiger partial charge in [0.1, 0.15) is 0 Å². The van der Waals surface area contributed by atoms with E-state index in [4.69, 9.17) is 5.73 Å². The second-order valence-electron chi connectivity index (χ2n) is 7.32. The highest BCUT2D eigenvalue weighted by Crippen LogP contribution is 2.35. The predicted octanol–water partition coefficient (Wildman–Crippen LogP) is 2.02. The monoisotopic (exact) mass is 267 g/mol. The molecular weight excluding hydrogens is 234 g/mol. The van der Waals surface area contributed by atoms with Crippen LogP contribution in [0.1, 0.15) is 39.5 Å². The number of nitrogens with zero attached hydrogens (tertiary/aromatic N) is 2. The molecule has 0 aromatic rings. The Morgan fingerprint density at radius 3 is 2.53 bits per heavy atom. The normalized spacial score (nSPS) is 40.3. The largest absolute Gasteiger partial charge is 0.327 e. The second kappa shape index (κ2) is 6.55. The third-order valence-corrected chi connectivity index (χ3v) is 5.77. The van der Waals surface area contributed by atoms with Gasteiger partial charge in [0.15, 0.2) is 0 Å². The van der Waals surface area contributed by atoms with E-state index in [2.05, 4.69) is 37.7 Å². The van der Waals surface area contributed by atoms with Crippen LogP contribution in [0.4, 0.5) is 0 Å². The van der Waals surface area contributed by atoms with Crippen LogP contribution in [0.15, 0.2) is 0 Å². The molecule has 1 saturated carbocycles. The van der Waals surface area contributed by atoms with Crippen LogP contribution in [-0.2, 0) is 0 Å². The smallest absolute Gasteiger partial charge is 0.0235 e. The van der Waals surface area contributed by atoms with Crippen molar-refractivity contribution in [2.75, 3.05) is 33.7 Å². The van der Waals surface area contributed by atoms with E-state index >= 15 is 0 Å². The van der Waals surface area contributed by atoms with Gasteiger partial charge in [0, 0.05) is 31.7 Å². The summed E-state index contributed by atoms with van der Waals surface area (Å²) < 4.78 is 0. The van der Waals surface area contributed by atoms with Crippen molar-refractivity contribution in [3.63, 3.8) is 0 Å². The summed E-state index contributed by atoms with van der Waals surface area (Å²) in [6, 6.07) is 1.05. The highest BCUT2D eigenvalue weighted by atomic mass is 15.3. The van der Waals surface area contributed by atoms with Gasteiger partial charge in [-0.2, -0.15) is 0 Å². The Labute approximate surface area is 119 Å². The van der Waals surface area contributed by atoms with Crippen molar-refractivity contribution < 1.29 is 0 Å². The number of hydrogen-bond acceptors (Lipinski definition) is 3. The Kier molecular flexibility index (Phi) is 5.27. The van der Waals surface area contributed by atoms with Crippen molar-refractivity contribution in [1.82, 2.24) is 9.80 Å². The maximum absolute atomic E-state index is 6.55. The summed E-state index contributed by atoms with van der Waals surface area (Å²) in [6.07, 6.45) is 5.24. The Balaban J connectivity index is 1.84. The lowest BCUT2D eigenvalue weighted by atomic mass is 9.72. The van der Waals surface area contributed by atoms with Crippen molar-refractivity contribution in [3.05, 3.63) is 0 Å². The topological polar surface area (TPSA) is 32.5 Å². The van der Waals surface area contributed by atoms with E-state index in [1.807, 2.05) is 0 Å². The Morgan fingerprint density at radius 2 is 1.84 bits per heavy atom. The van der Waals surface area contributed by atoms with E-state index in [-0.39, 0.29) is 0 Å². The van der Waals surface area contributed by atoms with Crippen LogP contribution in [0.25, 0.3) is 0 Å². The highest BCUT2D eigenvalue weighted by Gasteiger charge is 2.31. The van der Waals surface area contributed by atoms with Gasteiger partial charge in [0.2, 0.25) is 0 Å². The molecule has 5 unspecified atom stereocenters. The summed E-state index contributed by atoms with van der Waals surface area (Å²) in [5.74, 6) is 2.51. The van der Waals surface area contributed by atoms with Gasteiger partial charge in [-0.3, -0.25) is 0 Å². The first-order valence-corrected chi connectivity index (χ1v) is 8.11. The third kappa shape index (κ3) is 3.93. The zero-order valence-corrected chi connectivity index (χ0v) is 13.3. The molecule has 112 valence electrons. The minimum absolute atomic E-state index is 0.397. The number of piperazine rings is 1. The van der Waals surface area contributed by atoms with Crippen LogP contribution in [0.5, 0.6) is 0 Å². The fourth-order valence-corrected chi connectivity index (χ4v) is 3.84. The van der Waals surface area contributed by atoms with E-state index in [9.17, 15) is 0 Å². The van der Waals surface area contributed by atoms with Gasteiger partial charge in [-0.15, -0.1) is 0 Å². The number of rotatable bonds is 3. The maximum Gasteiger partial charge on any atom is 0.0235 e. The quantitative estimate of drug-likeness (QED) is 0.849. The van der Waals surface area contributed by atoms with E-state index in [1.54, 1.807) is 0 Å². The van der Waals surface area contributed by atoms with Crippen molar-refractivity contribution in [1.29, 1.82) is 0 Å². The molecule has 1 heterocycles. The number of likely N-dealkylation sites (N-methyl/N-ethyl adjacent to an activating group) is 2. The fraction of sp³-hybridized carbons (Fsp3) is 1.00. The number of hydrogen-bond donors (Lipinski definition) is 1. The van der Waals surface area contributed by atoms with E-state index in [0.717, 1.165) is 17.8 Å². The molecule has 5 atom stereocenters. The molecule has 19 heavy (non-hydrogen) atoms. The van der Waals surface area contributed by atoms with Gasteiger partial charge < -0.3 is 15.5 Å². The first-order chi connectivity index (χ1) is 8.97. The van der Waals surface area contributed by atoms with Gasteiger partial charge >= 0.3 is 0 Å². The molecule has 0 radical (unpaired) electrons. The zero-order valence-electron chi connectivity index (χ0n) is 13.3. The summed E-state index contributed by atoms with van der Waals surface area (Å²) in [5, 5.41) is 0. The van der Waals surface area contributed by atoms with E-state index in [0.29, 0.717) is 12.1 Å². The molecule has 2 N–H and O–H groups in total. The molecule has 1 saturated heterocycles. The lowest BCUT2D eigenvalue weighted by molar-refractivity contribution is 0.0902. The summed E-state index contributed by atoms with van der Waals surface area (Å²) >= 11 is 0. The van der Waals surface area contributed by atoms with Crippen LogP contribution in [0, 0.1) is 17.8 Å². The second-order valence-corrected chi connectivity index (χ2v) is 7.32. The molecule has 0 amide bonds. The SMILES string of the molecule is CC1CCC(C(N)CC2CN(C)CCN2C)CC1C.